The molecule has 0 heterocycles. The maximum atomic E-state index is 11.9. The van der Waals surface area contributed by atoms with Gasteiger partial charge in [-0.05, 0) is 36.4 Å². The molecule has 1 amide bonds. The zero-order valence-electron chi connectivity index (χ0n) is 11.6. The molecule has 0 aliphatic heterocycles. The van der Waals surface area contributed by atoms with Gasteiger partial charge in [0.2, 0.25) is 0 Å². The molecule has 0 saturated heterocycles. The summed E-state index contributed by atoms with van der Waals surface area (Å²) in [6.45, 7) is -0.506. The van der Waals surface area contributed by atoms with E-state index < -0.39 is 18.5 Å². The third kappa shape index (κ3) is 4.76. The van der Waals surface area contributed by atoms with Crippen LogP contribution in [0, 0.1) is 0 Å². The van der Waals surface area contributed by atoms with Crippen molar-refractivity contribution in [1.82, 2.24) is 0 Å². The molecule has 0 spiro atoms. The maximum Gasteiger partial charge on any atom is 0.340 e. The molecular formula is C15H11Cl3N2O3. The number of esters is 1. The molecular weight excluding hydrogens is 363 g/mol. The number of ether oxygens (including phenoxy) is 1. The summed E-state index contributed by atoms with van der Waals surface area (Å²) in [4.78, 5) is 23.7. The number of anilines is 2. The van der Waals surface area contributed by atoms with Crippen molar-refractivity contribution in [3.63, 3.8) is 0 Å². The Balaban J connectivity index is 1.97. The number of rotatable bonds is 4. The molecule has 0 atom stereocenters. The highest BCUT2D eigenvalue weighted by Gasteiger charge is 2.14. The van der Waals surface area contributed by atoms with E-state index in [1.165, 1.54) is 24.3 Å². The van der Waals surface area contributed by atoms with Crippen molar-refractivity contribution in [3.8, 4) is 0 Å². The summed E-state index contributed by atoms with van der Waals surface area (Å²) in [7, 11) is 0. The van der Waals surface area contributed by atoms with Gasteiger partial charge in [0.25, 0.3) is 5.91 Å². The first-order valence-electron chi connectivity index (χ1n) is 6.34. The summed E-state index contributed by atoms with van der Waals surface area (Å²) < 4.78 is 4.90. The molecule has 0 radical (unpaired) electrons. The van der Waals surface area contributed by atoms with E-state index in [-0.39, 0.29) is 11.3 Å². The fourth-order valence-corrected chi connectivity index (χ4v) is 2.20. The van der Waals surface area contributed by atoms with Crippen molar-refractivity contribution in [2.75, 3.05) is 17.7 Å². The summed E-state index contributed by atoms with van der Waals surface area (Å²) in [6.07, 6.45) is 0. The van der Waals surface area contributed by atoms with E-state index >= 15 is 0 Å². The Morgan fingerprint density at radius 2 is 1.70 bits per heavy atom. The Bertz CT molecular complexity index is 766. The first kappa shape index (κ1) is 17.4. The van der Waals surface area contributed by atoms with Crippen molar-refractivity contribution in [3.05, 3.63) is 57.0 Å². The van der Waals surface area contributed by atoms with Crippen LogP contribution < -0.4 is 11.1 Å². The molecule has 120 valence electrons. The van der Waals surface area contributed by atoms with Crippen LogP contribution in [0.5, 0.6) is 0 Å². The predicted molar refractivity (Wildman–Crippen MR) is 91.2 cm³/mol. The number of benzene rings is 2. The predicted octanol–water partition coefficient (Wildman–Crippen LogP) is 4.02. The van der Waals surface area contributed by atoms with Crippen LogP contribution in [0.1, 0.15) is 10.4 Å². The van der Waals surface area contributed by atoms with Gasteiger partial charge in [-0.15, -0.1) is 0 Å². The molecule has 0 unspecified atom stereocenters. The van der Waals surface area contributed by atoms with E-state index in [4.69, 9.17) is 45.3 Å². The topological polar surface area (TPSA) is 81.4 Å². The Morgan fingerprint density at radius 1 is 1.04 bits per heavy atom. The lowest BCUT2D eigenvalue weighted by Crippen LogP contribution is -2.21. The van der Waals surface area contributed by atoms with Crippen molar-refractivity contribution in [1.29, 1.82) is 0 Å². The molecule has 0 aliphatic rings. The fourth-order valence-electron chi connectivity index (χ4n) is 1.69. The Kier molecular flexibility index (Phi) is 5.71. The SMILES string of the molecule is Nc1ccc(Cl)cc1C(=O)OCC(=O)Nc1cc(Cl)ccc1Cl. The van der Waals surface area contributed by atoms with Crippen LogP contribution >= 0.6 is 34.8 Å². The number of hydrogen-bond donors (Lipinski definition) is 2. The highest BCUT2D eigenvalue weighted by atomic mass is 35.5. The quantitative estimate of drug-likeness (QED) is 0.626. The number of amides is 1. The molecule has 2 aromatic rings. The lowest BCUT2D eigenvalue weighted by Gasteiger charge is -2.09. The van der Waals surface area contributed by atoms with Gasteiger partial charge >= 0.3 is 5.97 Å². The van der Waals surface area contributed by atoms with Crippen LogP contribution in [0.4, 0.5) is 11.4 Å². The first-order valence-corrected chi connectivity index (χ1v) is 7.47. The lowest BCUT2D eigenvalue weighted by atomic mass is 10.2. The number of carbonyl (C=O) groups is 2. The monoisotopic (exact) mass is 372 g/mol. The molecule has 3 N–H and O–H groups in total. The zero-order valence-corrected chi connectivity index (χ0v) is 13.9. The van der Waals surface area contributed by atoms with Crippen LogP contribution in [0.25, 0.3) is 0 Å². The molecule has 0 aliphatic carbocycles. The van der Waals surface area contributed by atoms with E-state index in [0.29, 0.717) is 20.8 Å². The minimum atomic E-state index is -0.752. The van der Waals surface area contributed by atoms with Gasteiger partial charge in [0.15, 0.2) is 6.61 Å². The van der Waals surface area contributed by atoms with Gasteiger partial charge in [-0.3, -0.25) is 4.79 Å². The number of nitrogens with two attached hydrogens (primary N) is 1. The molecule has 0 saturated carbocycles. The molecule has 0 fully saturated rings. The van der Waals surface area contributed by atoms with E-state index in [0.717, 1.165) is 0 Å². The Labute approximate surface area is 147 Å². The average molecular weight is 374 g/mol. The maximum absolute atomic E-state index is 11.9. The summed E-state index contributed by atoms with van der Waals surface area (Å²) in [5.41, 5.74) is 6.28. The van der Waals surface area contributed by atoms with Gasteiger partial charge in [-0.25, -0.2) is 4.79 Å². The highest BCUT2D eigenvalue weighted by molar-refractivity contribution is 6.35. The summed E-state index contributed by atoms with van der Waals surface area (Å²) in [6, 6.07) is 9.00. The van der Waals surface area contributed by atoms with Crippen LogP contribution in [-0.4, -0.2) is 18.5 Å². The van der Waals surface area contributed by atoms with E-state index in [9.17, 15) is 9.59 Å². The van der Waals surface area contributed by atoms with E-state index in [2.05, 4.69) is 5.32 Å². The van der Waals surface area contributed by atoms with Crippen LogP contribution in [-0.2, 0) is 9.53 Å². The number of hydrogen-bond acceptors (Lipinski definition) is 4. The normalized spacial score (nSPS) is 10.2. The number of halogens is 3. The number of carbonyl (C=O) groups excluding carboxylic acids is 2. The summed E-state index contributed by atoms with van der Waals surface area (Å²) >= 11 is 17.5. The molecule has 23 heavy (non-hydrogen) atoms. The van der Waals surface area contributed by atoms with Crippen LogP contribution in [0.3, 0.4) is 0 Å². The molecule has 8 heteroatoms. The minimum absolute atomic E-state index is 0.0890. The van der Waals surface area contributed by atoms with E-state index in [1.807, 2.05) is 0 Å². The van der Waals surface area contributed by atoms with Crippen LogP contribution in [0.2, 0.25) is 15.1 Å². The van der Waals surface area contributed by atoms with Crippen molar-refractivity contribution in [2.24, 2.45) is 0 Å². The van der Waals surface area contributed by atoms with Crippen molar-refractivity contribution >= 4 is 58.1 Å². The van der Waals surface area contributed by atoms with Gasteiger partial charge in [-0.2, -0.15) is 0 Å². The molecule has 5 nitrogen and oxygen atoms in total. The van der Waals surface area contributed by atoms with Crippen LogP contribution in [0.15, 0.2) is 36.4 Å². The van der Waals surface area contributed by atoms with Crippen molar-refractivity contribution < 1.29 is 14.3 Å². The second kappa shape index (κ2) is 7.55. The smallest absolute Gasteiger partial charge is 0.340 e. The molecule has 2 rings (SSSR count). The Morgan fingerprint density at radius 3 is 2.43 bits per heavy atom. The molecule has 2 aromatic carbocycles. The second-order valence-corrected chi connectivity index (χ2v) is 5.76. The standard InChI is InChI=1S/C15H11Cl3N2O3/c16-8-2-4-12(19)10(5-8)15(22)23-7-14(21)20-13-6-9(17)1-3-11(13)18/h1-6H,7,19H2,(H,20,21). The summed E-state index contributed by atoms with van der Waals surface area (Å²) in [5, 5.41) is 3.55. The summed E-state index contributed by atoms with van der Waals surface area (Å²) in [5.74, 6) is -1.32. The van der Waals surface area contributed by atoms with Gasteiger partial charge in [0, 0.05) is 15.7 Å². The van der Waals surface area contributed by atoms with Gasteiger partial charge in [0.1, 0.15) is 0 Å². The Hall–Kier alpha value is -1.95. The first-order chi connectivity index (χ1) is 10.9. The third-order valence-electron chi connectivity index (χ3n) is 2.77. The van der Waals surface area contributed by atoms with Gasteiger partial charge in [-0.1, -0.05) is 34.8 Å². The number of nitrogen functional groups attached to an aromatic ring is 1. The molecule has 0 aromatic heterocycles. The van der Waals surface area contributed by atoms with E-state index in [1.54, 1.807) is 12.1 Å². The van der Waals surface area contributed by atoms with Gasteiger partial charge in [0.05, 0.1) is 16.3 Å². The average Bonchev–Trinajstić information content (AvgIpc) is 2.51. The second-order valence-electron chi connectivity index (χ2n) is 4.48. The van der Waals surface area contributed by atoms with Gasteiger partial charge < -0.3 is 15.8 Å². The third-order valence-corrected chi connectivity index (χ3v) is 3.57. The zero-order chi connectivity index (χ0) is 17.0. The minimum Gasteiger partial charge on any atom is -0.452 e. The fraction of sp³-hybridized carbons (Fsp3) is 0.0667. The largest absolute Gasteiger partial charge is 0.452 e. The van der Waals surface area contributed by atoms with Crippen molar-refractivity contribution in [2.45, 2.75) is 0 Å². The lowest BCUT2D eigenvalue weighted by molar-refractivity contribution is -0.119. The highest BCUT2D eigenvalue weighted by Crippen LogP contribution is 2.25. The molecule has 0 bridgehead atoms. The number of nitrogens with one attached hydrogen (secondary N) is 1.